The van der Waals surface area contributed by atoms with Gasteiger partial charge in [-0.1, -0.05) is 6.08 Å². The molecule has 0 radical (unpaired) electrons. The van der Waals surface area contributed by atoms with Crippen molar-refractivity contribution in [2.75, 3.05) is 38.3 Å². The number of hydrogen-bond acceptors (Lipinski definition) is 6. The molecule has 10 nitrogen and oxygen atoms in total. The summed E-state index contributed by atoms with van der Waals surface area (Å²) in [5.74, 6) is 1.38. The Morgan fingerprint density at radius 2 is 1.83 bits per heavy atom. The van der Waals surface area contributed by atoms with Gasteiger partial charge in [-0.15, -0.1) is 0 Å². The van der Waals surface area contributed by atoms with Gasteiger partial charge in [0, 0.05) is 37.8 Å². The quantitative estimate of drug-likeness (QED) is 0.520. The average molecular weight is 499 g/mol. The summed E-state index contributed by atoms with van der Waals surface area (Å²) in [6.07, 6.45) is 9.70. The van der Waals surface area contributed by atoms with E-state index in [-0.39, 0.29) is 41.0 Å². The maximum Gasteiger partial charge on any atom is 0.256 e. The Kier molecular flexibility index (Phi) is 6.34. The largest absolute Gasteiger partial charge is 0.378 e. The molecule has 6 rings (SSSR count). The summed E-state index contributed by atoms with van der Waals surface area (Å²) in [6, 6.07) is 0.0464. The lowest BCUT2D eigenvalue weighted by atomic mass is 9.47. The number of ether oxygens (including phenoxy) is 1. The predicted molar refractivity (Wildman–Crippen MR) is 135 cm³/mol. The number of amides is 3. The van der Waals surface area contributed by atoms with E-state index in [1.54, 1.807) is 30.2 Å². The molecule has 1 aliphatic heterocycles. The second-order valence-electron chi connectivity index (χ2n) is 11.7. The van der Waals surface area contributed by atoms with E-state index in [4.69, 9.17) is 10.5 Å². The molecule has 4 saturated carbocycles. The zero-order valence-corrected chi connectivity index (χ0v) is 21.5. The molecule has 1 saturated heterocycles. The number of nitrogens with zero attached hydrogens (tertiary/aromatic N) is 3. The molecule has 36 heavy (non-hydrogen) atoms. The maximum absolute atomic E-state index is 13.7. The first kappa shape index (κ1) is 24.8. The van der Waals surface area contributed by atoms with Gasteiger partial charge in [0.1, 0.15) is 11.4 Å². The SMILES string of the molecule is CNC(=O)C(C)(C)/C=C/n1ncc(C(=O)NC2C3CC4CC2CC(C(N)=O)(C4)C3)c1N1CCOCC1. The third kappa shape index (κ3) is 4.29. The van der Waals surface area contributed by atoms with Crippen LogP contribution in [0.1, 0.15) is 56.3 Å². The van der Waals surface area contributed by atoms with E-state index in [1.165, 1.54) is 0 Å². The number of nitrogens with two attached hydrogens (primary N) is 1. The molecule has 2 atom stereocenters. The summed E-state index contributed by atoms with van der Waals surface area (Å²) >= 11 is 0. The summed E-state index contributed by atoms with van der Waals surface area (Å²) in [6.45, 7) is 6.11. The normalized spacial score (nSPS) is 31.6. The number of aromatic nitrogens is 2. The number of morpholine rings is 1. The van der Waals surface area contributed by atoms with Crippen LogP contribution in [0.2, 0.25) is 0 Å². The van der Waals surface area contributed by atoms with Crippen molar-refractivity contribution in [1.82, 2.24) is 20.4 Å². The molecule has 1 aromatic heterocycles. The van der Waals surface area contributed by atoms with Crippen LogP contribution in [0.5, 0.6) is 0 Å². The Morgan fingerprint density at radius 3 is 2.44 bits per heavy atom. The van der Waals surface area contributed by atoms with Crippen LogP contribution < -0.4 is 21.3 Å². The molecule has 10 heteroatoms. The maximum atomic E-state index is 13.7. The Labute approximate surface area is 212 Å². The highest BCUT2D eigenvalue weighted by Crippen LogP contribution is 2.60. The lowest BCUT2D eigenvalue weighted by Gasteiger charge is -2.58. The highest BCUT2D eigenvalue weighted by molar-refractivity contribution is 5.99. The molecule has 4 aliphatic carbocycles. The zero-order valence-electron chi connectivity index (χ0n) is 21.5. The lowest BCUT2D eigenvalue weighted by molar-refractivity contribution is -0.145. The van der Waals surface area contributed by atoms with Crippen LogP contribution >= 0.6 is 0 Å². The number of hydrogen-bond donors (Lipinski definition) is 3. The number of primary amides is 1. The smallest absolute Gasteiger partial charge is 0.256 e. The van der Waals surface area contributed by atoms with E-state index in [2.05, 4.69) is 20.6 Å². The molecular weight excluding hydrogens is 460 g/mol. The average Bonchev–Trinajstić information content (AvgIpc) is 3.28. The fourth-order valence-electron chi connectivity index (χ4n) is 7.16. The van der Waals surface area contributed by atoms with Crippen LogP contribution in [0, 0.1) is 28.6 Å². The van der Waals surface area contributed by atoms with Crippen LogP contribution in [-0.4, -0.2) is 66.9 Å². The van der Waals surface area contributed by atoms with Crippen molar-refractivity contribution in [3.8, 4) is 0 Å². The van der Waals surface area contributed by atoms with E-state index in [9.17, 15) is 14.4 Å². The van der Waals surface area contributed by atoms with Crippen LogP contribution in [0.4, 0.5) is 5.82 Å². The van der Waals surface area contributed by atoms with Gasteiger partial charge in [-0.2, -0.15) is 5.10 Å². The van der Waals surface area contributed by atoms with Gasteiger partial charge in [-0.25, -0.2) is 4.68 Å². The predicted octanol–water partition coefficient (Wildman–Crippen LogP) is 1.37. The minimum atomic E-state index is -0.734. The number of carbonyl (C=O) groups excluding carboxylic acids is 3. The third-order valence-electron chi connectivity index (χ3n) is 8.86. The van der Waals surface area contributed by atoms with Crippen LogP contribution in [0.15, 0.2) is 12.3 Å². The molecule has 2 unspecified atom stereocenters. The molecule has 0 aromatic carbocycles. The summed E-state index contributed by atoms with van der Waals surface area (Å²) < 4.78 is 7.22. The minimum Gasteiger partial charge on any atom is -0.378 e. The summed E-state index contributed by atoms with van der Waals surface area (Å²) in [5.41, 5.74) is 5.23. The van der Waals surface area contributed by atoms with Crippen molar-refractivity contribution < 1.29 is 19.1 Å². The Morgan fingerprint density at radius 1 is 1.17 bits per heavy atom. The van der Waals surface area contributed by atoms with Crippen molar-refractivity contribution in [1.29, 1.82) is 0 Å². The fraction of sp³-hybridized carbons (Fsp3) is 0.692. The first-order valence-electron chi connectivity index (χ1n) is 13.1. The first-order valence-corrected chi connectivity index (χ1v) is 13.1. The van der Waals surface area contributed by atoms with Crippen LogP contribution in [-0.2, 0) is 14.3 Å². The molecule has 2 heterocycles. The van der Waals surface area contributed by atoms with Gasteiger partial charge in [0.25, 0.3) is 5.91 Å². The third-order valence-corrected chi connectivity index (χ3v) is 8.86. The topological polar surface area (TPSA) is 132 Å². The van der Waals surface area contributed by atoms with Gasteiger partial charge in [-0.05, 0) is 63.7 Å². The van der Waals surface area contributed by atoms with Crippen molar-refractivity contribution in [2.45, 2.75) is 52.0 Å². The molecule has 5 fully saturated rings. The van der Waals surface area contributed by atoms with Gasteiger partial charge in [-0.3, -0.25) is 14.4 Å². The molecule has 0 spiro atoms. The first-order chi connectivity index (χ1) is 17.1. The van der Waals surface area contributed by atoms with Gasteiger partial charge in [0.05, 0.1) is 24.8 Å². The highest BCUT2D eigenvalue weighted by atomic mass is 16.5. The van der Waals surface area contributed by atoms with Crippen molar-refractivity contribution >= 4 is 29.7 Å². The van der Waals surface area contributed by atoms with Gasteiger partial charge >= 0.3 is 0 Å². The molecule has 5 aliphatic rings. The van der Waals surface area contributed by atoms with E-state index in [0.29, 0.717) is 43.6 Å². The highest BCUT2D eigenvalue weighted by Gasteiger charge is 2.58. The van der Waals surface area contributed by atoms with Crippen molar-refractivity contribution in [3.63, 3.8) is 0 Å². The number of anilines is 1. The molecule has 4 bridgehead atoms. The van der Waals surface area contributed by atoms with E-state index >= 15 is 0 Å². The summed E-state index contributed by atoms with van der Waals surface area (Å²) in [4.78, 5) is 40.3. The molecular formula is C26H38N6O4. The van der Waals surface area contributed by atoms with E-state index in [1.807, 2.05) is 13.8 Å². The number of carbonyl (C=O) groups is 3. The Hall–Kier alpha value is -2.88. The second kappa shape index (κ2) is 9.21. The molecule has 3 amide bonds. The van der Waals surface area contributed by atoms with Crippen molar-refractivity contribution in [3.05, 3.63) is 17.8 Å². The summed E-state index contributed by atoms with van der Waals surface area (Å²) in [5, 5.41) is 10.5. The summed E-state index contributed by atoms with van der Waals surface area (Å²) in [7, 11) is 1.61. The lowest BCUT2D eigenvalue weighted by Crippen LogP contribution is -2.62. The molecule has 1 aromatic rings. The van der Waals surface area contributed by atoms with Crippen molar-refractivity contribution in [2.24, 2.45) is 34.3 Å². The van der Waals surface area contributed by atoms with Gasteiger partial charge in [0.2, 0.25) is 11.8 Å². The standard InChI is InChI=1S/C26H38N6O4/c1-25(2,24(35)28-3)4-5-32-22(31-6-8-36-9-7-31)19(15-29-32)21(33)30-20-17-10-16-11-18(20)14-26(12-16,13-17)23(27)34/h4-5,15-18,20H,6-14H2,1-3H3,(H2,27,34)(H,28,35)(H,30,33)/b5-4+. The Bertz CT molecular complexity index is 1060. The molecule has 196 valence electrons. The molecule has 4 N–H and O–H groups in total. The van der Waals surface area contributed by atoms with Gasteiger partial charge in [0.15, 0.2) is 0 Å². The number of rotatable bonds is 7. The van der Waals surface area contributed by atoms with Crippen LogP contribution in [0.25, 0.3) is 6.20 Å². The Balaban J connectivity index is 1.40. The van der Waals surface area contributed by atoms with Crippen LogP contribution in [0.3, 0.4) is 0 Å². The van der Waals surface area contributed by atoms with Gasteiger partial charge < -0.3 is 26.0 Å². The van der Waals surface area contributed by atoms with E-state index in [0.717, 1.165) is 32.1 Å². The monoisotopic (exact) mass is 498 g/mol. The fourth-order valence-corrected chi connectivity index (χ4v) is 7.16. The van der Waals surface area contributed by atoms with E-state index < -0.39 is 5.41 Å². The minimum absolute atomic E-state index is 0.0464. The zero-order chi connectivity index (χ0) is 25.7. The second-order valence-corrected chi connectivity index (χ2v) is 11.7. The number of nitrogens with one attached hydrogen (secondary N) is 2.